The van der Waals surface area contributed by atoms with Gasteiger partial charge in [-0.05, 0) is 23.8 Å². The number of amides is 2. The molecule has 2 aromatic rings. The number of nitrogens with two attached hydrogens (primary N) is 1. The van der Waals surface area contributed by atoms with Crippen molar-refractivity contribution in [2.24, 2.45) is 5.14 Å². The van der Waals surface area contributed by atoms with Crippen molar-refractivity contribution >= 4 is 33.4 Å². The minimum absolute atomic E-state index is 0.161. The van der Waals surface area contributed by atoms with E-state index in [4.69, 9.17) is 9.88 Å². The Hall–Kier alpha value is -2.91. The fourth-order valence-corrected chi connectivity index (χ4v) is 3.24. The first-order valence-electron chi connectivity index (χ1n) is 7.23. The van der Waals surface area contributed by atoms with E-state index in [1.165, 1.54) is 30.2 Å². The van der Waals surface area contributed by atoms with E-state index in [0.717, 1.165) is 0 Å². The first-order valence-corrected chi connectivity index (χ1v) is 8.77. The molecule has 2 amide bonds. The summed E-state index contributed by atoms with van der Waals surface area (Å²) >= 11 is 0. The summed E-state index contributed by atoms with van der Waals surface area (Å²) < 4.78 is 27.8. The predicted octanol–water partition coefficient (Wildman–Crippen LogP) is 1.60. The highest BCUT2D eigenvalue weighted by Crippen LogP contribution is 2.39. The Kier molecular flexibility index (Phi) is 4.19. The number of nitrogens with one attached hydrogen (secondary N) is 1. The second kappa shape index (κ2) is 6.19. The molecule has 1 atom stereocenters. The zero-order valence-electron chi connectivity index (χ0n) is 13.2. The van der Waals surface area contributed by atoms with Crippen molar-refractivity contribution in [3.05, 3.63) is 54.1 Å². The van der Waals surface area contributed by atoms with Gasteiger partial charge in [0.1, 0.15) is 6.04 Å². The fraction of sp³-hybridized carbons (Fsp3) is 0.125. The molecule has 3 rings (SSSR count). The van der Waals surface area contributed by atoms with E-state index in [0.29, 0.717) is 11.3 Å². The van der Waals surface area contributed by atoms with Gasteiger partial charge in [-0.25, -0.2) is 18.4 Å². The lowest BCUT2D eigenvalue weighted by atomic mass is 10.0. The monoisotopic (exact) mass is 361 g/mol. The van der Waals surface area contributed by atoms with E-state index >= 15 is 0 Å². The molecule has 25 heavy (non-hydrogen) atoms. The van der Waals surface area contributed by atoms with Crippen LogP contribution in [0.4, 0.5) is 16.2 Å². The summed E-state index contributed by atoms with van der Waals surface area (Å²) in [5.74, 6) is -0.490. The number of nitrogens with zero attached hydrogens (tertiary/aromatic N) is 1. The maximum absolute atomic E-state index is 12.6. The van der Waals surface area contributed by atoms with Gasteiger partial charge in [-0.15, -0.1) is 0 Å². The van der Waals surface area contributed by atoms with E-state index in [2.05, 4.69) is 5.32 Å². The molecular formula is C16H15N3O5S. The van der Waals surface area contributed by atoms with Crippen molar-refractivity contribution in [2.75, 3.05) is 17.3 Å². The molecule has 3 N–H and O–H groups in total. The first kappa shape index (κ1) is 16.9. The van der Waals surface area contributed by atoms with Crippen molar-refractivity contribution in [1.82, 2.24) is 0 Å². The van der Waals surface area contributed by atoms with Crippen molar-refractivity contribution < 1.29 is 22.7 Å². The molecule has 0 fully saturated rings. The van der Waals surface area contributed by atoms with E-state index in [1.54, 1.807) is 30.3 Å². The molecule has 2 aromatic carbocycles. The lowest BCUT2D eigenvalue weighted by Gasteiger charge is -2.35. The molecule has 0 aromatic heterocycles. The average Bonchev–Trinajstić information content (AvgIpc) is 2.59. The lowest BCUT2D eigenvalue weighted by molar-refractivity contribution is -0.117. The van der Waals surface area contributed by atoms with Crippen LogP contribution in [-0.4, -0.2) is 27.5 Å². The second-order valence-electron chi connectivity index (χ2n) is 5.37. The SMILES string of the molecule is COC(=O)N1c2ccc(S(N)(=O)=O)cc2NC(=O)C1c1ccccc1. The number of hydrogen-bond donors (Lipinski definition) is 2. The number of sulfonamides is 1. The van der Waals surface area contributed by atoms with E-state index in [1.807, 2.05) is 0 Å². The third-order valence-electron chi connectivity index (χ3n) is 3.81. The highest BCUT2D eigenvalue weighted by Gasteiger charge is 2.39. The minimum atomic E-state index is -3.95. The van der Waals surface area contributed by atoms with Crippen LogP contribution in [0.25, 0.3) is 0 Å². The van der Waals surface area contributed by atoms with Gasteiger partial charge in [0, 0.05) is 0 Å². The molecule has 1 unspecified atom stereocenters. The van der Waals surface area contributed by atoms with Crippen LogP contribution < -0.4 is 15.4 Å². The van der Waals surface area contributed by atoms with Crippen molar-refractivity contribution in [2.45, 2.75) is 10.9 Å². The first-order chi connectivity index (χ1) is 11.8. The Labute approximate surface area is 144 Å². The summed E-state index contributed by atoms with van der Waals surface area (Å²) in [5, 5.41) is 7.74. The van der Waals surface area contributed by atoms with Crippen LogP contribution in [0.5, 0.6) is 0 Å². The normalized spacial score (nSPS) is 16.8. The van der Waals surface area contributed by atoms with Gasteiger partial charge in [-0.1, -0.05) is 30.3 Å². The third kappa shape index (κ3) is 3.06. The smallest absolute Gasteiger partial charge is 0.415 e. The quantitative estimate of drug-likeness (QED) is 0.842. The number of anilines is 2. The van der Waals surface area contributed by atoms with Gasteiger partial charge in [0.25, 0.3) is 5.91 Å². The van der Waals surface area contributed by atoms with E-state index < -0.39 is 28.1 Å². The lowest BCUT2D eigenvalue weighted by Crippen LogP contribution is -2.45. The maximum atomic E-state index is 12.6. The molecule has 0 saturated heterocycles. The van der Waals surface area contributed by atoms with Crippen LogP contribution in [0.15, 0.2) is 53.4 Å². The van der Waals surface area contributed by atoms with Crippen LogP contribution in [0.3, 0.4) is 0 Å². The van der Waals surface area contributed by atoms with Gasteiger partial charge in [-0.3, -0.25) is 9.69 Å². The molecule has 9 heteroatoms. The zero-order valence-corrected chi connectivity index (χ0v) is 14.0. The van der Waals surface area contributed by atoms with Gasteiger partial charge < -0.3 is 10.1 Å². The zero-order chi connectivity index (χ0) is 18.2. The van der Waals surface area contributed by atoms with Crippen LogP contribution in [0.2, 0.25) is 0 Å². The van der Waals surface area contributed by atoms with Crippen molar-refractivity contribution in [1.29, 1.82) is 0 Å². The fourth-order valence-electron chi connectivity index (χ4n) is 2.70. The van der Waals surface area contributed by atoms with Crippen LogP contribution in [0.1, 0.15) is 11.6 Å². The molecular weight excluding hydrogens is 346 g/mol. The number of methoxy groups -OCH3 is 1. The highest BCUT2D eigenvalue weighted by molar-refractivity contribution is 7.89. The summed E-state index contributed by atoms with van der Waals surface area (Å²) in [4.78, 5) is 25.9. The Bertz CT molecular complexity index is 943. The standard InChI is InChI=1S/C16H15N3O5S/c1-24-16(21)19-13-8-7-11(25(17,22)23)9-12(13)18-15(20)14(19)10-5-3-2-4-6-10/h2-9,14H,1H3,(H,18,20)(H2,17,22,23). The summed E-state index contributed by atoms with van der Waals surface area (Å²) in [6.07, 6.45) is -0.742. The largest absolute Gasteiger partial charge is 0.452 e. The summed E-state index contributed by atoms with van der Waals surface area (Å²) in [6, 6.07) is 11.6. The number of primary sulfonamides is 1. The van der Waals surface area contributed by atoms with Gasteiger partial charge >= 0.3 is 6.09 Å². The molecule has 0 bridgehead atoms. The second-order valence-corrected chi connectivity index (χ2v) is 6.93. The molecule has 130 valence electrons. The Morgan fingerprint density at radius 1 is 1.20 bits per heavy atom. The number of carbonyl (C=O) groups is 2. The Morgan fingerprint density at radius 2 is 1.88 bits per heavy atom. The highest BCUT2D eigenvalue weighted by atomic mass is 32.2. The van der Waals surface area contributed by atoms with Gasteiger partial charge in [0.2, 0.25) is 10.0 Å². The third-order valence-corrected chi connectivity index (χ3v) is 4.72. The summed E-state index contributed by atoms with van der Waals surface area (Å²) in [6.45, 7) is 0. The minimum Gasteiger partial charge on any atom is -0.452 e. The molecule has 1 aliphatic rings. The molecule has 1 aliphatic heterocycles. The average molecular weight is 361 g/mol. The molecule has 0 spiro atoms. The van der Waals surface area contributed by atoms with E-state index in [-0.39, 0.29) is 10.6 Å². The Morgan fingerprint density at radius 3 is 2.48 bits per heavy atom. The number of ether oxygens (including phenoxy) is 1. The van der Waals surface area contributed by atoms with Crippen LogP contribution >= 0.6 is 0 Å². The molecule has 0 radical (unpaired) electrons. The number of carbonyl (C=O) groups excluding carboxylic acids is 2. The number of rotatable bonds is 2. The molecule has 1 heterocycles. The summed E-state index contributed by atoms with van der Waals surface area (Å²) in [5.41, 5.74) is 1.06. The van der Waals surface area contributed by atoms with Gasteiger partial charge in [0.05, 0.1) is 23.4 Å². The Balaban J connectivity index is 2.17. The number of fused-ring (bicyclic) bond motifs is 1. The summed E-state index contributed by atoms with van der Waals surface area (Å²) in [7, 11) is -2.75. The molecule has 8 nitrogen and oxygen atoms in total. The number of hydrogen-bond acceptors (Lipinski definition) is 5. The molecule has 0 aliphatic carbocycles. The van der Waals surface area contributed by atoms with Crippen LogP contribution in [-0.2, 0) is 19.6 Å². The van der Waals surface area contributed by atoms with Crippen LogP contribution in [0, 0.1) is 0 Å². The predicted molar refractivity (Wildman–Crippen MR) is 90.5 cm³/mol. The van der Waals surface area contributed by atoms with Crippen molar-refractivity contribution in [3.8, 4) is 0 Å². The number of benzene rings is 2. The van der Waals surface area contributed by atoms with E-state index in [9.17, 15) is 18.0 Å². The maximum Gasteiger partial charge on any atom is 0.415 e. The van der Waals surface area contributed by atoms with Crippen molar-refractivity contribution in [3.63, 3.8) is 0 Å². The molecule has 0 saturated carbocycles. The topological polar surface area (TPSA) is 119 Å². The van der Waals surface area contributed by atoms with Gasteiger partial charge in [-0.2, -0.15) is 0 Å². The van der Waals surface area contributed by atoms with Gasteiger partial charge in [0.15, 0.2) is 0 Å².